The molecule has 0 saturated carbocycles. The van der Waals surface area contributed by atoms with Crippen LogP contribution in [-0.2, 0) is 14.6 Å². The summed E-state index contributed by atoms with van der Waals surface area (Å²) in [6, 6.07) is 11.5. The molecule has 0 unspecified atom stereocenters. The molecule has 7 nitrogen and oxygen atoms in total. The molecule has 0 aromatic heterocycles. The normalized spacial score (nSPS) is 12.4. The quantitative estimate of drug-likeness (QED) is 0.647. The van der Waals surface area contributed by atoms with Gasteiger partial charge in [-0.05, 0) is 71.9 Å². The summed E-state index contributed by atoms with van der Waals surface area (Å²) in [6.07, 6.45) is -0.917. The minimum absolute atomic E-state index is 0.0419. The molecule has 0 spiro atoms. The maximum Gasteiger partial charge on any atom is 0.432 e. The topological polar surface area (TPSA) is 92.8 Å². The highest BCUT2D eigenvalue weighted by atomic mass is 35.5. The number of sulfone groups is 1. The summed E-state index contributed by atoms with van der Waals surface area (Å²) in [5.41, 5.74) is 1.22. The monoisotopic (exact) mass is 466 g/mol. The van der Waals surface area contributed by atoms with E-state index in [1.165, 1.54) is 30.3 Å². The van der Waals surface area contributed by atoms with Gasteiger partial charge in [-0.1, -0.05) is 29.8 Å². The first-order valence-electron chi connectivity index (χ1n) is 9.56. The largest absolute Gasteiger partial charge is 0.442 e. The molecule has 0 atom stereocenters. The van der Waals surface area contributed by atoms with Crippen molar-refractivity contribution in [3.63, 3.8) is 0 Å². The van der Waals surface area contributed by atoms with E-state index in [0.29, 0.717) is 0 Å². The summed E-state index contributed by atoms with van der Waals surface area (Å²) in [6.45, 7) is 10.3. The minimum Gasteiger partial charge on any atom is -0.442 e. The van der Waals surface area contributed by atoms with Crippen molar-refractivity contribution in [3.8, 4) is 0 Å². The second-order valence-electron chi connectivity index (χ2n) is 8.97. The van der Waals surface area contributed by atoms with Crippen molar-refractivity contribution in [2.75, 3.05) is 0 Å². The third kappa shape index (κ3) is 6.78. The number of hydrogen-bond acceptors (Lipinski definition) is 6. The smallest absolute Gasteiger partial charge is 0.432 e. The van der Waals surface area contributed by atoms with Crippen LogP contribution in [0.15, 0.2) is 58.3 Å². The highest BCUT2D eigenvalue weighted by Crippen LogP contribution is 2.26. The van der Waals surface area contributed by atoms with E-state index < -0.39 is 33.0 Å². The lowest BCUT2D eigenvalue weighted by Crippen LogP contribution is -2.55. The lowest BCUT2D eigenvalue weighted by molar-refractivity contribution is 0.00742. The Morgan fingerprint density at radius 2 is 1.52 bits per heavy atom. The van der Waals surface area contributed by atoms with Crippen LogP contribution in [0.1, 0.15) is 51.9 Å². The molecule has 0 aliphatic heterocycles. The summed E-state index contributed by atoms with van der Waals surface area (Å²) >= 11 is 6.14. The Morgan fingerprint density at radius 3 is 2.03 bits per heavy atom. The SMILES string of the molecule is CC(C)(C)NN(C(=O)OC(C)(C)C)C(=O)c1cc(Cl)cc(S(=O)(=O)c2ccccc2)c1. The fourth-order valence-electron chi connectivity index (χ4n) is 2.53. The van der Waals surface area contributed by atoms with Gasteiger partial charge in [-0.15, -0.1) is 0 Å². The molecule has 2 amide bonds. The molecule has 2 aromatic rings. The third-order valence-corrected chi connectivity index (χ3v) is 5.68. The number of carbonyl (C=O) groups excluding carboxylic acids is 2. The van der Waals surface area contributed by atoms with Crippen molar-refractivity contribution in [1.29, 1.82) is 0 Å². The van der Waals surface area contributed by atoms with Gasteiger partial charge >= 0.3 is 6.09 Å². The maximum absolute atomic E-state index is 13.2. The van der Waals surface area contributed by atoms with Gasteiger partial charge in [0.1, 0.15) is 5.60 Å². The fourth-order valence-corrected chi connectivity index (χ4v) is 4.18. The van der Waals surface area contributed by atoms with Crippen molar-refractivity contribution in [3.05, 3.63) is 59.1 Å². The maximum atomic E-state index is 13.2. The lowest BCUT2D eigenvalue weighted by Gasteiger charge is -2.31. The van der Waals surface area contributed by atoms with Crippen LogP contribution in [0.25, 0.3) is 0 Å². The van der Waals surface area contributed by atoms with Crippen LogP contribution in [0.2, 0.25) is 5.02 Å². The molecule has 0 radical (unpaired) electrons. The molecule has 2 aromatic carbocycles. The summed E-state index contributed by atoms with van der Waals surface area (Å²) < 4.78 is 31.3. The van der Waals surface area contributed by atoms with E-state index in [2.05, 4.69) is 5.43 Å². The van der Waals surface area contributed by atoms with Crippen molar-refractivity contribution in [1.82, 2.24) is 10.4 Å². The number of benzene rings is 2. The van der Waals surface area contributed by atoms with Gasteiger partial charge in [-0.2, -0.15) is 5.01 Å². The van der Waals surface area contributed by atoms with Gasteiger partial charge in [0, 0.05) is 16.1 Å². The van der Waals surface area contributed by atoms with Crippen molar-refractivity contribution in [2.24, 2.45) is 0 Å². The highest BCUT2D eigenvalue weighted by molar-refractivity contribution is 7.91. The predicted octanol–water partition coefficient (Wildman–Crippen LogP) is 4.85. The van der Waals surface area contributed by atoms with Gasteiger partial charge < -0.3 is 4.74 Å². The zero-order chi connectivity index (χ0) is 23.6. The molecule has 0 aliphatic carbocycles. The number of rotatable bonds is 4. The summed E-state index contributed by atoms with van der Waals surface area (Å²) in [5, 5.41) is 0.774. The Kier molecular flexibility index (Phi) is 7.20. The van der Waals surface area contributed by atoms with Crippen LogP contribution >= 0.6 is 11.6 Å². The number of amides is 2. The second kappa shape index (κ2) is 8.98. The van der Waals surface area contributed by atoms with E-state index in [4.69, 9.17) is 16.3 Å². The van der Waals surface area contributed by atoms with E-state index in [0.717, 1.165) is 5.01 Å². The van der Waals surface area contributed by atoms with Crippen molar-refractivity contribution >= 4 is 33.4 Å². The molecular weight excluding hydrogens is 440 g/mol. The van der Waals surface area contributed by atoms with Crippen LogP contribution < -0.4 is 5.43 Å². The number of nitrogens with one attached hydrogen (secondary N) is 1. The van der Waals surface area contributed by atoms with Gasteiger partial charge in [0.05, 0.1) is 9.79 Å². The van der Waals surface area contributed by atoms with E-state index >= 15 is 0 Å². The molecule has 2 rings (SSSR count). The standard InChI is InChI=1S/C22H27ClN2O5S/c1-21(2,3)24-25(20(27)30-22(4,5)6)19(26)15-12-16(23)14-18(13-15)31(28,29)17-10-8-7-9-11-17/h7-14,24H,1-6H3. The molecule has 31 heavy (non-hydrogen) atoms. The number of imide groups is 1. The Balaban J connectivity index is 2.52. The Bertz CT molecular complexity index is 1070. The van der Waals surface area contributed by atoms with E-state index in [1.807, 2.05) is 0 Å². The van der Waals surface area contributed by atoms with Crippen LogP contribution in [0.5, 0.6) is 0 Å². The van der Waals surface area contributed by atoms with E-state index in [-0.39, 0.29) is 20.4 Å². The number of ether oxygens (including phenoxy) is 1. The lowest BCUT2D eigenvalue weighted by atomic mass is 10.1. The molecule has 0 fully saturated rings. The molecule has 0 aliphatic rings. The Labute approximate surface area is 188 Å². The van der Waals surface area contributed by atoms with Gasteiger partial charge in [-0.3, -0.25) is 4.79 Å². The molecular formula is C22H27ClN2O5S. The zero-order valence-electron chi connectivity index (χ0n) is 18.4. The van der Waals surface area contributed by atoms with Crippen LogP contribution in [0.4, 0.5) is 4.79 Å². The summed E-state index contributed by atoms with van der Waals surface area (Å²) in [7, 11) is -3.92. The van der Waals surface area contributed by atoms with Gasteiger partial charge in [0.25, 0.3) is 5.91 Å². The number of carbonyl (C=O) groups is 2. The van der Waals surface area contributed by atoms with Crippen molar-refractivity contribution in [2.45, 2.75) is 62.5 Å². The first kappa shape index (κ1) is 24.8. The zero-order valence-corrected chi connectivity index (χ0v) is 20.0. The van der Waals surface area contributed by atoms with Gasteiger partial charge in [-0.25, -0.2) is 18.6 Å². The van der Waals surface area contributed by atoms with Crippen LogP contribution in [0, 0.1) is 0 Å². The predicted molar refractivity (Wildman–Crippen MR) is 119 cm³/mol. The van der Waals surface area contributed by atoms with Crippen LogP contribution in [-0.4, -0.2) is 36.6 Å². The molecule has 9 heteroatoms. The first-order valence-corrected chi connectivity index (χ1v) is 11.4. The molecule has 1 N–H and O–H groups in total. The molecule has 0 bridgehead atoms. The van der Waals surface area contributed by atoms with Crippen LogP contribution in [0.3, 0.4) is 0 Å². The molecule has 0 saturated heterocycles. The number of halogens is 1. The molecule has 168 valence electrons. The Morgan fingerprint density at radius 1 is 0.935 bits per heavy atom. The fraction of sp³-hybridized carbons (Fsp3) is 0.364. The number of nitrogens with zero attached hydrogens (tertiary/aromatic N) is 1. The number of hydrazine groups is 1. The van der Waals surface area contributed by atoms with E-state index in [9.17, 15) is 18.0 Å². The summed E-state index contributed by atoms with van der Waals surface area (Å²) in [4.78, 5) is 25.8. The Hall–Kier alpha value is -2.42. The van der Waals surface area contributed by atoms with Gasteiger partial charge in [0.15, 0.2) is 0 Å². The minimum atomic E-state index is -3.92. The average molecular weight is 467 g/mol. The first-order chi connectivity index (χ1) is 14.1. The van der Waals surface area contributed by atoms with Crippen molar-refractivity contribution < 1.29 is 22.7 Å². The number of hydrogen-bond donors (Lipinski definition) is 1. The molecule has 0 heterocycles. The third-order valence-electron chi connectivity index (χ3n) is 3.71. The second-order valence-corrected chi connectivity index (χ2v) is 11.4. The van der Waals surface area contributed by atoms with Gasteiger partial charge in [0.2, 0.25) is 9.84 Å². The highest BCUT2D eigenvalue weighted by Gasteiger charge is 2.32. The average Bonchev–Trinajstić information content (AvgIpc) is 2.63. The van der Waals surface area contributed by atoms with E-state index in [1.54, 1.807) is 59.7 Å². The summed E-state index contributed by atoms with van der Waals surface area (Å²) in [5.74, 6) is -0.795.